The largest absolute Gasteiger partial charge is 0.488 e. The molecule has 1 aromatic rings. The average molecular weight is 239 g/mol. The van der Waals surface area contributed by atoms with Crippen LogP contribution in [0.1, 0.15) is 12.0 Å². The Kier molecular flexibility index (Phi) is 2.96. The average Bonchev–Trinajstić information content (AvgIpc) is 2.58. The maximum atomic E-state index is 11.1. The van der Waals surface area contributed by atoms with Crippen LogP contribution in [0.25, 0.3) is 0 Å². The molecular formula is C11H13NO3S. The van der Waals surface area contributed by atoms with E-state index < -0.39 is 10.0 Å². The van der Waals surface area contributed by atoms with Crippen molar-refractivity contribution in [2.45, 2.75) is 13.3 Å². The Hall–Kier alpha value is -1.36. The van der Waals surface area contributed by atoms with Crippen molar-refractivity contribution < 1.29 is 13.2 Å². The van der Waals surface area contributed by atoms with Gasteiger partial charge in [0.25, 0.3) is 10.0 Å². The summed E-state index contributed by atoms with van der Waals surface area (Å²) in [6, 6.07) is 7.61. The predicted octanol–water partition coefficient (Wildman–Crippen LogP) is 1.55. The Morgan fingerprint density at radius 2 is 2.00 bits per heavy atom. The zero-order valence-corrected chi connectivity index (χ0v) is 9.83. The highest BCUT2D eigenvalue weighted by molar-refractivity contribution is 7.90. The van der Waals surface area contributed by atoms with Crippen molar-refractivity contribution in [1.29, 1.82) is 0 Å². The molecular weight excluding hydrogens is 226 g/mol. The second-order valence-electron chi connectivity index (χ2n) is 3.80. The molecule has 2 rings (SSSR count). The van der Waals surface area contributed by atoms with Crippen molar-refractivity contribution in [2.75, 3.05) is 12.4 Å². The smallest absolute Gasteiger partial charge is 0.253 e. The Balaban J connectivity index is 1.96. The number of sulfonamides is 1. The molecule has 0 bridgehead atoms. The van der Waals surface area contributed by atoms with Crippen molar-refractivity contribution >= 4 is 15.7 Å². The lowest BCUT2D eigenvalue weighted by atomic mass is 10.2. The monoisotopic (exact) mass is 239 g/mol. The van der Waals surface area contributed by atoms with E-state index in [1.165, 1.54) is 0 Å². The molecule has 0 saturated heterocycles. The van der Waals surface area contributed by atoms with Crippen LogP contribution in [0.3, 0.4) is 0 Å². The molecule has 0 spiro atoms. The summed E-state index contributed by atoms with van der Waals surface area (Å²) in [4.78, 5) is 0. The van der Waals surface area contributed by atoms with Crippen molar-refractivity contribution in [3.63, 3.8) is 0 Å². The maximum Gasteiger partial charge on any atom is 0.253 e. The van der Waals surface area contributed by atoms with Crippen LogP contribution in [-0.4, -0.2) is 26.5 Å². The van der Waals surface area contributed by atoms with Gasteiger partial charge in [0.15, 0.2) is 0 Å². The van der Waals surface area contributed by atoms with E-state index in [-0.39, 0.29) is 12.4 Å². The maximum absolute atomic E-state index is 11.1. The van der Waals surface area contributed by atoms with Gasteiger partial charge >= 0.3 is 0 Å². The van der Waals surface area contributed by atoms with E-state index >= 15 is 0 Å². The summed E-state index contributed by atoms with van der Waals surface area (Å²) < 4.78 is 31.2. The zero-order chi connectivity index (χ0) is 11.6. The summed E-state index contributed by atoms with van der Waals surface area (Å²) in [5.74, 6) is 0.845. The predicted molar refractivity (Wildman–Crippen MR) is 62.5 cm³/mol. The van der Waals surface area contributed by atoms with Gasteiger partial charge in [0.1, 0.15) is 12.4 Å². The minimum atomic E-state index is -3.20. The minimum Gasteiger partial charge on any atom is -0.488 e. The molecule has 86 valence electrons. The van der Waals surface area contributed by atoms with Gasteiger partial charge in [0, 0.05) is 6.42 Å². The molecule has 0 aromatic heterocycles. The molecule has 1 aliphatic rings. The highest BCUT2D eigenvalue weighted by Gasteiger charge is 2.20. The van der Waals surface area contributed by atoms with Gasteiger partial charge in [0.05, 0.1) is 11.5 Å². The first kappa shape index (κ1) is 11.1. The fraction of sp³-hybridized carbons (Fsp3) is 0.364. The van der Waals surface area contributed by atoms with Crippen LogP contribution >= 0.6 is 0 Å². The topological polar surface area (TPSA) is 55.7 Å². The molecule has 0 aliphatic carbocycles. The van der Waals surface area contributed by atoms with Crippen LogP contribution in [0.2, 0.25) is 0 Å². The van der Waals surface area contributed by atoms with Crippen molar-refractivity contribution in [2.24, 2.45) is 4.40 Å². The lowest BCUT2D eigenvalue weighted by Gasteiger charge is -2.05. The summed E-state index contributed by atoms with van der Waals surface area (Å²) in [5.41, 5.74) is 1.76. The van der Waals surface area contributed by atoms with E-state index in [1.54, 1.807) is 0 Å². The number of hydrogen-bond acceptors (Lipinski definition) is 3. The first-order valence-corrected chi connectivity index (χ1v) is 6.66. The van der Waals surface area contributed by atoms with Gasteiger partial charge in [-0.25, -0.2) is 8.42 Å². The summed E-state index contributed by atoms with van der Waals surface area (Å²) >= 11 is 0. The molecule has 1 heterocycles. The summed E-state index contributed by atoms with van der Waals surface area (Å²) in [7, 11) is -3.20. The molecule has 5 heteroatoms. The molecule has 4 nitrogen and oxygen atoms in total. The lowest BCUT2D eigenvalue weighted by molar-refractivity contribution is 0.375. The van der Waals surface area contributed by atoms with Gasteiger partial charge in [-0.15, -0.1) is 0 Å². The normalized spacial score (nSPS) is 18.2. The molecule has 1 aliphatic heterocycles. The quantitative estimate of drug-likeness (QED) is 0.804. The van der Waals surface area contributed by atoms with Crippen molar-refractivity contribution in [3.8, 4) is 5.75 Å². The van der Waals surface area contributed by atoms with Gasteiger partial charge in [0.2, 0.25) is 0 Å². The molecule has 1 aromatic carbocycles. The molecule has 0 saturated carbocycles. The Morgan fingerprint density at radius 3 is 2.56 bits per heavy atom. The molecule has 0 atom stereocenters. The summed E-state index contributed by atoms with van der Waals surface area (Å²) in [6.45, 7) is 2.25. The van der Waals surface area contributed by atoms with E-state index in [1.807, 2.05) is 31.2 Å². The fourth-order valence-corrected chi connectivity index (χ4v) is 2.56. The van der Waals surface area contributed by atoms with Crippen LogP contribution in [-0.2, 0) is 10.0 Å². The number of hydrogen-bond donors (Lipinski definition) is 0. The SMILES string of the molecule is Cc1ccc(OCC2=NS(=O)(=O)CC2)cc1. The van der Waals surface area contributed by atoms with Crippen molar-refractivity contribution in [3.05, 3.63) is 29.8 Å². The number of benzene rings is 1. The van der Waals surface area contributed by atoms with E-state index in [0.29, 0.717) is 12.1 Å². The Bertz CT molecular complexity index is 503. The van der Waals surface area contributed by atoms with Crippen LogP contribution in [0.5, 0.6) is 5.75 Å². The highest BCUT2D eigenvalue weighted by atomic mass is 32.2. The summed E-state index contributed by atoms with van der Waals surface area (Å²) in [6.07, 6.45) is 0.480. The highest BCUT2D eigenvalue weighted by Crippen LogP contribution is 2.13. The van der Waals surface area contributed by atoms with Gasteiger partial charge in [-0.2, -0.15) is 4.40 Å². The molecule has 0 fully saturated rings. The van der Waals surface area contributed by atoms with E-state index in [0.717, 1.165) is 11.3 Å². The fourth-order valence-electron chi connectivity index (χ4n) is 1.43. The number of ether oxygens (including phenoxy) is 1. The van der Waals surface area contributed by atoms with Crippen LogP contribution in [0.15, 0.2) is 28.7 Å². The Morgan fingerprint density at radius 1 is 1.31 bits per heavy atom. The molecule has 0 unspecified atom stereocenters. The molecule has 0 amide bonds. The number of nitrogens with zero attached hydrogens (tertiary/aromatic N) is 1. The second kappa shape index (κ2) is 4.25. The Labute approximate surface area is 95.0 Å². The van der Waals surface area contributed by atoms with Crippen LogP contribution in [0, 0.1) is 6.92 Å². The van der Waals surface area contributed by atoms with Gasteiger partial charge in [-0.3, -0.25) is 0 Å². The van der Waals surface area contributed by atoms with Gasteiger partial charge in [-0.05, 0) is 19.1 Å². The van der Waals surface area contributed by atoms with Crippen molar-refractivity contribution in [1.82, 2.24) is 0 Å². The zero-order valence-electron chi connectivity index (χ0n) is 9.01. The lowest BCUT2D eigenvalue weighted by Crippen LogP contribution is -2.08. The third-order valence-corrected chi connectivity index (χ3v) is 3.60. The van der Waals surface area contributed by atoms with E-state index in [4.69, 9.17) is 4.74 Å². The molecule has 0 radical (unpaired) electrons. The molecule has 0 N–H and O–H groups in total. The van der Waals surface area contributed by atoms with E-state index in [9.17, 15) is 8.42 Å². The molecule has 16 heavy (non-hydrogen) atoms. The van der Waals surface area contributed by atoms with Gasteiger partial charge < -0.3 is 4.74 Å². The third-order valence-electron chi connectivity index (χ3n) is 2.34. The summed E-state index contributed by atoms with van der Waals surface area (Å²) in [5, 5.41) is 0. The first-order chi connectivity index (χ1) is 7.55. The third kappa shape index (κ3) is 2.82. The van der Waals surface area contributed by atoms with E-state index in [2.05, 4.69) is 4.40 Å². The van der Waals surface area contributed by atoms with Gasteiger partial charge in [-0.1, -0.05) is 17.7 Å². The first-order valence-electron chi connectivity index (χ1n) is 5.05. The van der Waals surface area contributed by atoms with Crippen LogP contribution in [0.4, 0.5) is 0 Å². The second-order valence-corrected chi connectivity index (χ2v) is 5.55. The standard InChI is InChI=1S/C11H13NO3S/c1-9-2-4-11(5-3-9)15-8-10-6-7-16(13,14)12-10/h2-5H,6-8H2,1H3. The minimum absolute atomic E-state index is 0.111. The number of aryl methyl sites for hydroxylation is 1. The van der Waals surface area contributed by atoms with Crippen LogP contribution < -0.4 is 4.74 Å². The number of rotatable bonds is 3.